The van der Waals surface area contributed by atoms with Gasteiger partial charge in [-0.15, -0.1) is 0 Å². The molecule has 1 aromatic carbocycles. The molecule has 0 saturated carbocycles. The summed E-state index contributed by atoms with van der Waals surface area (Å²) in [6, 6.07) is 7.49. The van der Waals surface area contributed by atoms with Crippen molar-refractivity contribution < 1.29 is 14.3 Å². The third kappa shape index (κ3) is 5.31. The topological polar surface area (TPSA) is 80.6 Å². The molecular weight excluding hydrogens is 406 g/mol. The van der Waals surface area contributed by atoms with Gasteiger partial charge in [0, 0.05) is 31.1 Å². The Morgan fingerprint density at radius 2 is 1.84 bits per heavy atom. The van der Waals surface area contributed by atoms with E-state index in [9.17, 15) is 14.4 Å². The molecule has 2 amide bonds. The first kappa shape index (κ1) is 23.8. The molecule has 1 saturated heterocycles. The number of aryl methyl sites for hydroxylation is 1. The minimum Gasteiger partial charge on any atom is -0.444 e. The molecule has 0 unspecified atom stereocenters. The van der Waals surface area contributed by atoms with Crippen LogP contribution >= 0.6 is 0 Å². The summed E-state index contributed by atoms with van der Waals surface area (Å²) >= 11 is 0. The Balaban J connectivity index is 1.68. The summed E-state index contributed by atoms with van der Waals surface area (Å²) in [6.45, 7) is 13.1. The first-order chi connectivity index (χ1) is 15.0. The summed E-state index contributed by atoms with van der Waals surface area (Å²) in [5.41, 5.74) is 1.27. The van der Waals surface area contributed by atoms with Crippen LogP contribution in [0.5, 0.6) is 0 Å². The van der Waals surface area contributed by atoms with Crippen LogP contribution in [0.25, 0.3) is 10.9 Å². The minimum atomic E-state index is -0.511. The molecule has 2 aromatic rings. The normalized spacial score (nSPS) is 15.3. The number of benzene rings is 1. The van der Waals surface area contributed by atoms with E-state index in [0.29, 0.717) is 19.6 Å². The van der Waals surface area contributed by atoms with E-state index >= 15 is 0 Å². The molecule has 1 aliphatic rings. The van der Waals surface area contributed by atoms with Crippen LogP contribution in [-0.2, 0) is 4.74 Å². The number of ether oxygens (including phenoxy) is 1. The maximum absolute atomic E-state index is 13.1. The summed E-state index contributed by atoms with van der Waals surface area (Å²) in [6.07, 6.45) is 1.28. The van der Waals surface area contributed by atoms with Crippen molar-refractivity contribution >= 4 is 22.9 Å². The lowest BCUT2D eigenvalue weighted by atomic mass is 9.97. The van der Waals surface area contributed by atoms with E-state index in [1.54, 1.807) is 15.5 Å². The van der Waals surface area contributed by atoms with Gasteiger partial charge in [0.25, 0.3) is 11.5 Å². The minimum absolute atomic E-state index is 0.0586. The van der Waals surface area contributed by atoms with Gasteiger partial charge in [-0.05, 0) is 78.0 Å². The zero-order valence-electron chi connectivity index (χ0n) is 20.0. The number of nitrogens with zero attached hydrogens (tertiary/aromatic N) is 2. The molecule has 0 aliphatic carbocycles. The van der Waals surface area contributed by atoms with Gasteiger partial charge in [0.15, 0.2) is 0 Å². The second kappa shape index (κ2) is 9.35. The second-order valence-corrected chi connectivity index (χ2v) is 9.96. The molecule has 2 heterocycles. The highest BCUT2D eigenvalue weighted by Gasteiger charge is 2.27. The van der Waals surface area contributed by atoms with E-state index in [4.69, 9.17) is 4.74 Å². The number of carbonyl (C=O) groups excluding carboxylic acids is 2. The molecule has 174 valence electrons. The maximum Gasteiger partial charge on any atom is 0.410 e. The van der Waals surface area contributed by atoms with Crippen LogP contribution in [0.2, 0.25) is 0 Å². The summed E-state index contributed by atoms with van der Waals surface area (Å²) in [7, 11) is 0. The van der Waals surface area contributed by atoms with Crippen LogP contribution in [0.3, 0.4) is 0 Å². The molecule has 0 bridgehead atoms. The molecule has 7 heteroatoms. The average Bonchev–Trinajstić information content (AvgIpc) is 2.70. The lowest BCUT2D eigenvalue weighted by Crippen LogP contribution is -2.44. The SMILES string of the molecule is Cc1cccc2c1cc(C(=O)NCC1CCN(C(=O)OC(C)(C)C)CC1)c(=O)n2C(C)C. The third-order valence-electron chi connectivity index (χ3n) is 5.88. The fourth-order valence-electron chi connectivity index (χ4n) is 4.16. The number of carbonyl (C=O) groups is 2. The lowest BCUT2D eigenvalue weighted by molar-refractivity contribution is 0.0183. The van der Waals surface area contributed by atoms with Crippen molar-refractivity contribution in [3.63, 3.8) is 0 Å². The van der Waals surface area contributed by atoms with Gasteiger partial charge in [-0.2, -0.15) is 0 Å². The van der Waals surface area contributed by atoms with E-state index in [2.05, 4.69) is 5.32 Å². The third-order valence-corrected chi connectivity index (χ3v) is 5.88. The number of hydrogen-bond donors (Lipinski definition) is 1. The van der Waals surface area contributed by atoms with Crippen molar-refractivity contribution in [2.45, 2.75) is 66.0 Å². The zero-order chi connectivity index (χ0) is 23.6. The van der Waals surface area contributed by atoms with Gasteiger partial charge < -0.3 is 19.5 Å². The van der Waals surface area contributed by atoms with Crippen LogP contribution in [-0.4, -0.2) is 46.7 Å². The van der Waals surface area contributed by atoms with E-state index in [1.807, 2.05) is 59.7 Å². The molecule has 0 atom stereocenters. The van der Waals surface area contributed by atoms with Gasteiger partial charge in [0.05, 0.1) is 5.52 Å². The van der Waals surface area contributed by atoms with E-state index in [1.165, 1.54) is 0 Å². The largest absolute Gasteiger partial charge is 0.444 e. The summed E-state index contributed by atoms with van der Waals surface area (Å²) < 4.78 is 7.13. The predicted molar refractivity (Wildman–Crippen MR) is 126 cm³/mol. The second-order valence-electron chi connectivity index (χ2n) is 9.96. The van der Waals surface area contributed by atoms with E-state index in [0.717, 1.165) is 29.3 Å². The van der Waals surface area contributed by atoms with Crippen molar-refractivity contribution in [1.82, 2.24) is 14.8 Å². The molecular formula is C25H35N3O4. The monoisotopic (exact) mass is 441 g/mol. The van der Waals surface area contributed by atoms with Crippen LogP contribution in [0, 0.1) is 12.8 Å². The first-order valence-electron chi connectivity index (χ1n) is 11.4. The Kier molecular flexibility index (Phi) is 6.96. The molecule has 1 aliphatic heterocycles. The number of rotatable bonds is 4. The zero-order valence-corrected chi connectivity index (χ0v) is 20.0. The van der Waals surface area contributed by atoms with Crippen LogP contribution in [0.4, 0.5) is 4.79 Å². The standard InChI is InChI=1S/C25H35N3O4/c1-16(2)28-21-9-7-8-17(3)19(21)14-20(23(28)30)22(29)26-15-18-10-12-27(13-11-18)24(31)32-25(4,5)6/h7-9,14,16,18H,10-13,15H2,1-6H3,(H,26,29). The molecule has 32 heavy (non-hydrogen) atoms. The van der Waals surface area contributed by atoms with Crippen molar-refractivity contribution in [3.8, 4) is 0 Å². The van der Waals surface area contributed by atoms with Gasteiger partial charge in [0.1, 0.15) is 11.2 Å². The lowest BCUT2D eigenvalue weighted by Gasteiger charge is -2.33. The van der Waals surface area contributed by atoms with Crippen LogP contribution in [0.15, 0.2) is 29.1 Å². The fourth-order valence-corrected chi connectivity index (χ4v) is 4.16. The highest BCUT2D eigenvalue weighted by atomic mass is 16.6. The maximum atomic E-state index is 13.1. The molecule has 1 N–H and O–H groups in total. The van der Waals surface area contributed by atoms with Crippen LogP contribution < -0.4 is 10.9 Å². The Bertz CT molecular complexity index is 1060. The number of nitrogens with one attached hydrogen (secondary N) is 1. The van der Waals surface area contributed by atoms with E-state index < -0.39 is 5.60 Å². The number of amides is 2. The molecule has 0 radical (unpaired) electrons. The molecule has 0 spiro atoms. The highest BCUT2D eigenvalue weighted by Crippen LogP contribution is 2.22. The summed E-state index contributed by atoms with van der Waals surface area (Å²) in [4.78, 5) is 40.0. The summed E-state index contributed by atoms with van der Waals surface area (Å²) in [5, 5.41) is 3.87. The number of fused-ring (bicyclic) bond motifs is 1. The number of pyridine rings is 1. The highest BCUT2D eigenvalue weighted by molar-refractivity contribution is 5.98. The van der Waals surface area contributed by atoms with E-state index in [-0.39, 0.29) is 35.1 Å². The number of piperidine rings is 1. The van der Waals surface area contributed by atoms with Crippen molar-refractivity contribution in [3.05, 3.63) is 45.7 Å². The predicted octanol–water partition coefficient (Wildman–Crippen LogP) is 4.27. The number of hydrogen-bond acceptors (Lipinski definition) is 4. The Hall–Kier alpha value is -2.83. The number of aromatic nitrogens is 1. The fraction of sp³-hybridized carbons (Fsp3) is 0.560. The molecule has 1 aromatic heterocycles. The van der Waals surface area contributed by atoms with Gasteiger partial charge in [-0.1, -0.05) is 12.1 Å². The van der Waals surface area contributed by atoms with Gasteiger partial charge >= 0.3 is 6.09 Å². The Morgan fingerprint density at radius 3 is 2.44 bits per heavy atom. The van der Waals surface area contributed by atoms with Gasteiger partial charge in [0.2, 0.25) is 0 Å². The Labute approximate surface area is 189 Å². The van der Waals surface area contributed by atoms with Crippen molar-refractivity contribution in [2.75, 3.05) is 19.6 Å². The van der Waals surface area contributed by atoms with Gasteiger partial charge in [-0.3, -0.25) is 9.59 Å². The van der Waals surface area contributed by atoms with Crippen LogP contribution in [0.1, 0.15) is 69.4 Å². The summed E-state index contributed by atoms with van der Waals surface area (Å²) in [5.74, 6) is -0.0868. The smallest absolute Gasteiger partial charge is 0.410 e. The molecule has 3 rings (SSSR count). The number of likely N-dealkylation sites (tertiary alicyclic amines) is 1. The van der Waals surface area contributed by atoms with Crippen molar-refractivity contribution in [1.29, 1.82) is 0 Å². The quantitative estimate of drug-likeness (QED) is 0.768. The average molecular weight is 442 g/mol. The van der Waals surface area contributed by atoms with Crippen molar-refractivity contribution in [2.24, 2.45) is 5.92 Å². The molecule has 1 fully saturated rings. The van der Waals surface area contributed by atoms with Gasteiger partial charge in [-0.25, -0.2) is 4.79 Å². The first-order valence-corrected chi connectivity index (χ1v) is 11.4. The molecule has 7 nitrogen and oxygen atoms in total. The Morgan fingerprint density at radius 1 is 1.19 bits per heavy atom.